The molecule has 0 atom stereocenters. The van der Waals surface area contributed by atoms with Crippen molar-refractivity contribution in [3.05, 3.63) is 35.0 Å². The van der Waals surface area contributed by atoms with E-state index >= 15 is 0 Å². The van der Waals surface area contributed by atoms with Crippen LogP contribution in [0.5, 0.6) is 0 Å². The molecule has 1 aromatic heterocycles. The maximum Gasteiger partial charge on any atom is 0.0731 e. The Labute approximate surface area is 102 Å². The Morgan fingerprint density at radius 2 is 1.94 bits per heavy atom. The van der Waals surface area contributed by atoms with E-state index in [-0.39, 0.29) is 0 Å². The van der Waals surface area contributed by atoms with Gasteiger partial charge in [-0.05, 0) is 44.0 Å². The maximum atomic E-state index is 5.54. The summed E-state index contributed by atoms with van der Waals surface area (Å²) >= 11 is 0. The summed E-state index contributed by atoms with van der Waals surface area (Å²) in [7, 11) is 0. The molecule has 0 unspecified atom stereocenters. The van der Waals surface area contributed by atoms with Gasteiger partial charge in [-0.1, -0.05) is 6.07 Å². The van der Waals surface area contributed by atoms with E-state index in [1.807, 2.05) is 6.92 Å². The summed E-state index contributed by atoms with van der Waals surface area (Å²) in [6.07, 6.45) is 0. The minimum Gasteiger partial charge on any atom is -0.383 e. The second kappa shape index (κ2) is 4.72. The monoisotopic (exact) mass is 229 g/mol. The fourth-order valence-electron chi connectivity index (χ4n) is 2.23. The normalized spacial score (nSPS) is 10.8. The quantitative estimate of drug-likeness (QED) is 0.850. The van der Waals surface area contributed by atoms with Crippen molar-refractivity contribution >= 4 is 16.6 Å². The number of hydrogen-bond donors (Lipinski definition) is 2. The van der Waals surface area contributed by atoms with Gasteiger partial charge in [0.1, 0.15) is 0 Å². The number of nitrogens with one attached hydrogen (secondary N) is 1. The van der Waals surface area contributed by atoms with Crippen LogP contribution in [0, 0.1) is 20.8 Å². The number of aromatic nitrogens is 1. The van der Waals surface area contributed by atoms with Crippen LogP contribution < -0.4 is 11.1 Å². The average Bonchev–Trinajstić information content (AvgIpc) is 2.24. The van der Waals surface area contributed by atoms with E-state index in [0.29, 0.717) is 6.54 Å². The van der Waals surface area contributed by atoms with E-state index in [9.17, 15) is 0 Å². The van der Waals surface area contributed by atoms with Gasteiger partial charge in [0.2, 0.25) is 0 Å². The standard InChI is InChI=1S/C14H19N3/c1-9-6-10(2)14-12(16-5-4-15)8-11(3)17-13(14)7-9/h6-8H,4-5,15H2,1-3H3,(H,16,17). The highest BCUT2D eigenvalue weighted by atomic mass is 14.9. The lowest BCUT2D eigenvalue weighted by molar-refractivity contribution is 1.02. The first-order chi connectivity index (χ1) is 8.11. The number of hydrogen-bond acceptors (Lipinski definition) is 3. The van der Waals surface area contributed by atoms with Crippen LogP contribution in [0.3, 0.4) is 0 Å². The number of anilines is 1. The van der Waals surface area contributed by atoms with Gasteiger partial charge >= 0.3 is 0 Å². The van der Waals surface area contributed by atoms with Gasteiger partial charge in [-0.25, -0.2) is 0 Å². The number of rotatable bonds is 3. The molecule has 0 aliphatic heterocycles. The molecule has 1 aromatic carbocycles. The molecule has 2 rings (SSSR count). The number of pyridine rings is 1. The molecule has 0 amide bonds. The van der Waals surface area contributed by atoms with Crippen molar-refractivity contribution in [2.45, 2.75) is 20.8 Å². The number of nitrogens with two attached hydrogens (primary N) is 1. The summed E-state index contributed by atoms with van der Waals surface area (Å²) in [5.41, 5.74) is 11.3. The van der Waals surface area contributed by atoms with E-state index in [0.717, 1.165) is 23.4 Å². The summed E-state index contributed by atoms with van der Waals surface area (Å²) in [4.78, 5) is 4.59. The molecule has 0 fully saturated rings. The van der Waals surface area contributed by atoms with Crippen molar-refractivity contribution in [2.24, 2.45) is 5.73 Å². The summed E-state index contributed by atoms with van der Waals surface area (Å²) in [5, 5.41) is 4.58. The Balaban J connectivity index is 2.65. The second-order valence-corrected chi connectivity index (χ2v) is 4.50. The predicted molar refractivity (Wildman–Crippen MR) is 73.5 cm³/mol. The molecule has 90 valence electrons. The molecular weight excluding hydrogens is 210 g/mol. The maximum absolute atomic E-state index is 5.54. The van der Waals surface area contributed by atoms with Gasteiger partial charge in [-0.3, -0.25) is 4.98 Å². The van der Waals surface area contributed by atoms with E-state index in [1.165, 1.54) is 16.5 Å². The third kappa shape index (κ3) is 2.39. The molecule has 3 heteroatoms. The first-order valence-corrected chi connectivity index (χ1v) is 5.94. The highest BCUT2D eigenvalue weighted by Gasteiger charge is 2.07. The molecule has 2 aromatic rings. The fraction of sp³-hybridized carbons (Fsp3) is 0.357. The van der Waals surface area contributed by atoms with Gasteiger partial charge in [0.05, 0.1) is 5.52 Å². The lowest BCUT2D eigenvalue weighted by atomic mass is 10.0. The van der Waals surface area contributed by atoms with Crippen LogP contribution in [-0.2, 0) is 0 Å². The Morgan fingerprint density at radius 3 is 2.65 bits per heavy atom. The summed E-state index contributed by atoms with van der Waals surface area (Å²) < 4.78 is 0. The van der Waals surface area contributed by atoms with Crippen LogP contribution in [-0.4, -0.2) is 18.1 Å². The highest BCUT2D eigenvalue weighted by molar-refractivity contribution is 5.94. The van der Waals surface area contributed by atoms with Gasteiger partial charge in [-0.15, -0.1) is 0 Å². The van der Waals surface area contributed by atoms with Crippen molar-refractivity contribution in [1.29, 1.82) is 0 Å². The third-order valence-electron chi connectivity index (χ3n) is 2.84. The summed E-state index contributed by atoms with van der Waals surface area (Å²) in [6, 6.07) is 6.40. The van der Waals surface area contributed by atoms with E-state index < -0.39 is 0 Å². The zero-order valence-electron chi connectivity index (χ0n) is 10.7. The van der Waals surface area contributed by atoms with Gasteiger partial charge in [-0.2, -0.15) is 0 Å². The Hall–Kier alpha value is -1.61. The molecule has 17 heavy (non-hydrogen) atoms. The van der Waals surface area contributed by atoms with E-state index in [2.05, 4.69) is 42.3 Å². The Bertz CT molecular complexity index is 541. The van der Waals surface area contributed by atoms with Crippen molar-refractivity contribution in [1.82, 2.24) is 4.98 Å². The Morgan fingerprint density at radius 1 is 1.18 bits per heavy atom. The number of benzene rings is 1. The minimum atomic E-state index is 0.633. The average molecular weight is 229 g/mol. The van der Waals surface area contributed by atoms with Crippen LogP contribution >= 0.6 is 0 Å². The zero-order chi connectivity index (χ0) is 12.4. The van der Waals surface area contributed by atoms with E-state index in [1.54, 1.807) is 0 Å². The molecule has 0 bridgehead atoms. The summed E-state index contributed by atoms with van der Waals surface area (Å²) in [5.74, 6) is 0. The smallest absolute Gasteiger partial charge is 0.0731 e. The molecule has 0 saturated carbocycles. The molecule has 0 saturated heterocycles. The highest BCUT2D eigenvalue weighted by Crippen LogP contribution is 2.27. The molecule has 3 nitrogen and oxygen atoms in total. The number of nitrogens with zero attached hydrogens (tertiary/aromatic N) is 1. The third-order valence-corrected chi connectivity index (χ3v) is 2.84. The molecule has 0 aliphatic carbocycles. The molecule has 3 N–H and O–H groups in total. The van der Waals surface area contributed by atoms with Crippen LogP contribution in [0.2, 0.25) is 0 Å². The first-order valence-electron chi connectivity index (χ1n) is 5.94. The Kier molecular flexibility index (Phi) is 3.29. The molecule has 0 aliphatic rings. The van der Waals surface area contributed by atoms with Gasteiger partial charge in [0.15, 0.2) is 0 Å². The van der Waals surface area contributed by atoms with Crippen LogP contribution in [0.1, 0.15) is 16.8 Å². The molecule has 0 radical (unpaired) electrons. The van der Waals surface area contributed by atoms with Gasteiger partial charge < -0.3 is 11.1 Å². The van der Waals surface area contributed by atoms with Crippen molar-refractivity contribution in [3.63, 3.8) is 0 Å². The lowest BCUT2D eigenvalue weighted by Gasteiger charge is -2.12. The fourth-order valence-corrected chi connectivity index (χ4v) is 2.23. The van der Waals surface area contributed by atoms with Crippen molar-refractivity contribution in [2.75, 3.05) is 18.4 Å². The number of fused-ring (bicyclic) bond motifs is 1. The molecule has 0 spiro atoms. The van der Waals surface area contributed by atoms with Crippen LogP contribution in [0.4, 0.5) is 5.69 Å². The largest absolute Gasteiger partial charge is 0.383 e. The first kappa shape index (κ1) is 11.9. The van der Waals surface area contributed by atoms with Gasteiger partial charge in [0.25, 0.3) is 0 Å². The second-order valence-electron chi connectivity index (χ2n) is 4.50. The topological polar surface area (TPSA) is 50.9 Å². The number of aryl methyl sites for hydroxylation is 3. The van der Waals surface area contributed by atoms with Crippen LogP contribution in [0.25, 0.3) is 10.9 Å². The van der Waals surface area contributed by atoms with Crippen molar-refractivity contribution in [3.8, 4) is 0 Å². The lowest BCUT2D eigenvalue weighted by Crippen LogP contribution is -2.13. The van der Waals surface area contributed by atoms with Crippen molar-refractivity contribution < 1.29 is 0 Å². The minimum absolute atomic E-state index is 0.633. The van der Waals surface area contributed by atoms with Gasteiger partial charge in [0, 0.05) is 29.9 Å². The SMILES string of the molecule is Cc1cc(C)c2c(NCCN)cc(C)nc2c1. The molecular formula is C14H19N3. The van der Waals surface area contributed by atoms with E-state index in [4.69, 9.17) is 5.73 Å². The zero-order valence-corrected chi connectivity index (χ0v) is 10.7. The summed E-state index contributed by atoms with van der Waals surface area (Å²) in [6.45, 7) is 7.66. The predicted octanol–water partition coefficient (Wildman–Crippen LogP) is 2.53. The molecule has 1 heterocycles. The van der Waals surface area contributed by atoms with Crippen LogP contribution in [0.15, 0.2) is 18.2 Å².